The molecule has 3 N–H and O–H groups in total. The second kappa shape index (κ2) is 6.28. The van der Waals surface area contributed by atoms with Crippen LogP contribution < -0.4 is 11.1 Å². The summed E-state index contributed by atoms with van der Waals surface area (Å²) in [6.45, 7) is 1.06. The van der Waals surface area contributed by atoms with Crippen LogP contribution in [-0.2, 0) is 0 Å². The number of fused-ring (bicyclic) bond motifs is 2. The standard InChI is InChI=1S/C17H21N3O/c18-6-1-2-14-10-19-7-5-16(14)17(21)20-11-15-9-12-3-4-13(15)8-12/h5,7,10,12-13,15H,3-4,6,8-9,11,18H2,(H,20,21). The van der Waals surface area contributed by atoms with Crippen molar-refractivity contribution in [1.29, 1.82) is 0 Å². The molecule has 1 heterocycles. The minimum atomic E-state index is -0.0542. The maximum Gasteiger partial charge on any atom is 0.252 e. The van der Waals surface area contributed by atoms with Crippen LogP contribution in [0.5, 0.6) is 0 Å². The molecule has 0 radical (unpaired) electrons. The number of rotatable bonds is 3. The fourth-order valence-corrected chi connectivity index (χ4v) is 3.78. The van der Waals surface area contributed by atoms with E-state index >= 15 is 0 Å². The van der Waals surface area contributed by atoms with Gasteiger partial charge in [0, 0.05) is 18.9 Å². The Morgan fingerprint density at radius 3 is 3.05 bits per heavy atom. The summed E-state index contributed by atoms with van der Waals surface area (Å²) in [7, 11) is 0. The number of pyridine rings is 1. The van der Waals surface area contributed by atoms with Crippen LogP contribution in [0.25, 0.3) is 0 Å². The predicted octanol–water partition coefficient (Wildman–Crippen LogP) is 1.56. The van der Waals surface area contributed by atoms with Gasteiger partial charge in [-0.2, -0.15) is 0 Å². The van der Waals surface area contributed by atoms with Crippen LogP contribution in [0.4, 0.5) is 0 Å². The van der Waals surface area contributed by atoms with Crippen molar-refractivity contribution in [2.45, 2.75) is 25.7 Å². The molecular weight excluding hydrogens is 262 g/mol. The Kier molecular flexibility index (Phi) is 4.21. The fourth-order valence-electron chi connectivity index (χ4n) is 3.78. The third kappa shape index (κ3) is 3.08. The lowest BCUT2D eigenvalue weighted by atomic mass is 9.89. The highest BCUT2D eigenvalue weighted by Gasteiger charge is 2.39. The van der Waals surface area contributed by atoms with Gasteiger partial charge in [0.1, 0.15) is 0 Å². The van der Waals surface area contributed by atoms with Crippen molar-refractivity contribution in [3.8, 4) is 11.8 Å². The number of carbonyl (C=O) groups is 1. The Morgan fingerprint density at radius 2 is 2.33 bits per heavy atom. The van der Waals surface area contributed by atoms with Gasteiger partial charge in [0.15, 0.2) is 0 Å². The SMILES string of the molecule is NCC#Cc1cnccc1C(=O)NCC1CC2CCC1C2. The van der Waals surface area contributed by atoms with Crippen molar-refractivity contribution in [3.63, 3.8) is 0 Å². The molecule has 3 unspecified atom stereocenters. The first-order valence-electron chi connectivity index (χ1n) is 7.69. The van der Waals surface area contributed by atoms with Crippen LogP contribution in [0.15, 0.2) is 18.5 Å². The molecule has 3 rings (SSSR count). The van der Waals surface area contributed by atoms with E-state index in [2.05, 4.69) is 22.1 Å². The molecule has 2 fully saturated rings. The maximum atomic E-state index is 12.4. The van der Waals surface area contributed by atoms with E-state index in [1.165, 1.54) is 25.7 Å². The smallest absolute Gasteiger partial charge is 0.252 e. The molecule has 1 aromatic heterocycles. The zero-order valence-electron chi connectivity index (χ0n) is 12.1. The van der Waals surface area contributed by atoms with E-state index in [4.69, 9.17) is 5.73 Å². The number of aromatic nitrogens is 1. The van der Waals surface area contributed by atoms with E-state index in [9.17, 15) is 4.79 Å². The van der Waals surface area contributed by atoms with Gasteiger partial charge in [-0.1, -0.05) is 18.3 Å². The summed E-state index contributed by atoms with van der Waals surface area (Å²) in [5, 5.41) is 3.08. The van der Waals surface area contributed by atoms with Gasteiger partial charge in [0.2, 0.25) is 0 Å². The summed E-state index contributed by atoms with van der Waals surface area (Å²) in [6, 6.07) is 1.72. The summed E-state index contributed by atoms with van der Waals surface area (Å²) in [5.41, 5.74) is 6.62. The van der Waals surface area contributed by atoms with Crippen LogP contribution in [0, 0.1) is 29.6 Å². The first-order chi connectivity index (χ1) is 10.3. The molecule has 110 valence electrons. The largest absolute Gasteiger partial charge is 0.352 e. The number of nitrogens with one attached hydrogen (secondary N) is 1. The normalized spacial score (nSPS) is 26.2. The molecule has 0 spiro atoms. The zero-order valence-corrected chi connectivity index (χ0v) is 12.1. The molecule has 2 aliphatic rings. The van der Waals surface area contributed by atoms with Gasteiger partial charge >= 0.3 is 0 Å². The van der Waals surface area contributed by atoms with Crippen molar-refractivity contribution < 1.29 is 4.79 Å². The lowest BCUT2D eigenvalue weighted by molar-refractivity contribution is 0.0941. The topological polar surface area (TPSA) is 68.0 Å². The molecule has 0 saturated heterocycles. The number of hydrogen-bond donors (Lipinski definition) is 2. The van der Waals surface area contributed by atoms with Crippen LogP contribution >= 0.6 is 0 Å². The van der Waals surface area contributed by atoms with Gasteiger partial charge < -0.3 is 11.1 Å². The van der Waals surface area contributed by atoms with Crippen LogP contribution in [0.3, 0.4) is 0 Å². The average molecular weight is 283 g/mol. The lowest BCUT2D eigenvalue weighted by Crippen LogP contribution is -2.32. The molecule has 2 aliphatic carbocycles. The Labute approximate surface area is 125 Å². The Morgan fingerprint density at radius 1 is 1.43 bits per heavy atom. The van der Waals surface area contributed by atoms with Gasteiger partial charge in [-0.15, -0.1) is 0 Å². The first kappa shape index (κ1) is 14.1. The number of carbonyl (C=O) groups excluding carboxylic acids is 1. The minimum Gasteiger partial charge on any atom is -0.352 e. The quantitative estimate of drug-likeness (QED) is 0.827. The summed E-state index contributed by atoms with van der Waals surface area (Å²) in [4.78, 5) is 16.4. The number of nitrogens with zero attached hydrogens (tertiary/aromatic N) is 1. The third-order valence-electron chi connectivity index (χ3n) is 4.80. The first-order valence-corrected chi connectivity index (χ1v) is 7.69. The molecule has 3 atom stereocenters. The van der Waals surface area contributed by atoms with Gasteiger partial charge in [0.05, 0.1) is 17.7 Å². The number of hydrogen-bond acceptors (Lipinski definition) is 3. The summed E-state index contributed by atoms with van der Waals surface area (Å²) >= 11 is 0. The van der Waals surface area contributed by atoms with Crippen molar-refractivity contribution in [2.24, 2.45) is 23.5 Å². The molecule has 0 aliphatic heterocycles. The number of nitrogens with two attached hydrogens (primary N) is 1. The van der Waals surface area contributed by atoms with Crippen molar-refractivity contribution in [3.05, 3.63) is 29.6 Å². The van der Waals surface area contributed by atoms with E-state index in [0.717, 1.165) is 18.4 Å². The van der Waals surface area contributed by atoms with Crippen LogP contribution in [0.1, 0.15) is 41.6 Å². The molecular formula is C17H21N3O. The van der Waals surface area contributed by atoms with Gasteiger partial charge in [0.25, 0.3) is 5.91 Å². The second-order valence-corrected chi connectivity index (χ2v) is 6.07. The fraction of sp³-hybridized carbons (Fsp3) is 0.529. The third-order valence-corrected chi connectivity index (χ3v) is 4.80. The molecule has 1 amide bonds. The highest BCUT2D eigenvalue weighted by atomic mass is 16.1. The summed E-state index contributed by atoms with van der Waals surface area (Å²) in [6.07, 6.45) is 8.62. The van der Waals surface area contributed by atoms with Crippen molar-refractivity contribution in [2.75, 3.05) is 13.1 Å². The molecule has 1 aromatic rings. The van der Waals surface area contributed by atoms with E-state index in [1.54, 1.807) is 18.5 Å². The molecule has 4 nitrogen and oxygen atoms in total. The Hall–Kier alpha value is -1.86. The zero-order chi connectivity index (χ0) is 14.7. The Balaban J connectivity index is 1.63. The molecule has 2 saturated carbocycles. The maximum absolute atomic E-state index is 12.4. The van der Waals surface area contributed by atoms with Crippen LogP contribution in [-0.4, -0.2) is 24.0 Å². The van der Waals surface area contributed by atoms with Gasteiger partial charge in [-0.05, 0) is 43.1 Å². The number of amides is 1. The van der Waals surface area contributed by atoms with Gasteiger partial charge in [-0.3, -0.25) is 9.78 Å². The lowest BCUT2D eigenvalue weighted by Gasteiger charge is -2.21. The molecule has 4 heteroatoms. The summed E-state index contributed by atoms with van der Waals surface area (Å²) < 4.78 is 0. The highest BCUT2D eigenvalue weighted by molar-refractivity contribution is 5.96. The monoisotopic (exact) mass is 283 g/mol. The van der Waals surface area contributed by atoms with E-state index in [1.807, 2.05) is 0 Å². The predicted molar refractivity (Wildman–Crippen MR) is 81.4 cm³/mol. The highest BCUT2D eigenvalue weighted by Crippen LogP contribution is 2.47. The van der Waals surface area contributed by atoms with E-state index < -0.39 is 0 Å². The molecule has 21 heavy (non-hydrogen) atoms. The average Bonchev–Trinajstić information content (AvgIpc) is 3.13. The van der Waals surface area contributed by atoms with E-state index in [0.29, 0.717) is 17.0 Å². The van der Waals surface area contributed by atoms with Crippen molar-refractivity contribution >= 4 is 5.91 Å². The second-order valence-electron chi connectivity index (χ2n) is 6.07. The van der Waals surface area contributed by atoms with Gasteiger partial charge in [-0.25, -0.2) is 0 Å². The molecule has 0 aromatic carbocycles. The minimum absolute atomic E-state index is 0.0542. The van der Waals surface area contributed by atoms with Crippen molar-refractivity contribution in [1.82, 2.24) is 10.3 Å². The Bertz CT molecular complexity index is 587. The summed E-state index contributed by atoms with van der Waals surface area (Å²) in [5.74, 6) is 8.02. The molecule has 2 bridgehead atoms. The van der Waals surface area contributed by atoms with E-state index in [-0.39, 0.29) is 12.5 Å². The van der Waals surface area contributed by atoms with Crippen LogP contribution in [0.2, 0.25) is 0 Å².